The lowest BCUT2D eigenvalue weighted by Crippen LogP contribution is -2.36. The van der Waals surface area contributed by atoms with Crippen LogP contribution in [0.2, 0.25) is 0 Å². The average molecular weight is 226 g/mol. The third-order valence-electron chi connectivity index (χ3n) is 2.15. The molecule has 0 spiro atoms. The number of nitrogens with one attached hydrogen (secondary N) is 1. The van der Waals surface area contributed by atoms with Crippen LogP contribution in [0.15, 0.2) is 18.2 Å². The quantitative estimate of drug-likeness (QED) is 0.694. The summed E-state index contributed by atoms with van der Waals surface area (Å²) in [6, 6.07) is 5.50. The number of methoxy groups -OCH3 is 2. The highest BCUT2D eigenvalue weighted by Crippen LogP contribution is 2.06. The van der Waals surface area contributed by atoms with Gasteiger partial charge in [-0.3, -0.25) is 0 Å². The van der Waals surface area contributed by atoms with Crippen molar-refractivity contribution in [2.24, 2.45) is 0 Å². The van der Waals surface area contributed by atoms with E-state index in [4.69, 9.17) is 14.6 Å². The summed E-state index contributed by atoms with van der Waals surface area (Å²) in [6.07, 6.45) is 0. The van der Waals surface area contributed by atoms with E-state index in [9.17, 15) is 0 Å². The average Bonchev–Trinajstić information content (AvgIpc) is 2.34. The van der Waals surface area contributed by atoms with Gasteiger partial charge in [0.15, 0.2) is 0 Å². The van der Waals surface area contributed by atoms with Crippen LogP contribution in [0.3, 0.4) is 0 Å². The third-order valence-corrected chi connectivity index (χ3v) is 2.15. The predicted molar refractivity (Wildman–Crippen MR) is 60.4 cm³/mol. The molecular weight excluding hydrogens is 208 g/mol. The lowest BCUT2D eigenvalue weighted by molar-refractivity contribution is 0.128. The first-order chi connectivity index (χ1) is 7.80. The zero-order chi connectivity index (χ0) is 11.8. The molecule has 1 atom stereocenters. The van der Waals surface area contributed by atoms with Gasteiger partial charge in [-0.25, -0.2) is 4.98 Å². The van der Waals surface area contributed by atoms with Gasteiger partial charge in [-0.15, -0.1) is 0 Å². The van der Waals surface area contributed by atoms with Gasteiger partial charge in [-0.2, -0.15) is 0 Å². The fourth-order valence-corrected chi connectivity index (χ4v) is 1.30. The molecule has 16 heavy (non-hydrogen) atoms. The van der Waals surface area contributed by atoms with Gasteiger partial charge in [0.05, 0.1) is 32.1 Å². The normalized spacial score (nSPS) is 12.4. The summed E-state index contributed by atoms with van der Waals surface area (Å²) in [5, 5.41) is 12.2. The van der Waals surface area contributed by atoms with Crippen molar-refractivity contribution < 1.29 is 14.6 Å². The molecule has 5 heteroatoms. The first-order valence-corrected chi connectivity index (χ1v) is 5.13. The Labute approximate surface area is 95.4 Å². The lowest BCUT2D eigenvalue weighted by Gasteiger charge is -2.14. The molecule has 0 aliphatic rings. The molecule has 90 valence electrons. The second kappa shape index (κ2) is 7.16. The molecule has 0 aliphatic carbocycles. The molecule has 1 heterocycles. The molecule has 2 N–H and O–H groups in total. The molecule has 0 fully saturated rings. The van der Waals surface area contributed by atoms with Crippen LogP contribution in [0, 0.1) is 0 Å². The van der Waals surface area contributed by atoms with Crippen LogP contribution in [0.5, 0.6) is 5.88 Å². The van der Waals surface area contributed by atoms with Crippen molar-refractivity contribution in [1.29, 1.82) is 0 Å². The SMILES string of the molecule is COCC(CO)NCc1cccc(OC)n1. The standard InChI is InChI=1S/C11H18N2O3/c1-15-8-10(7-14)12-6-9-4-3-5-11(13-9)16-2/h3-5,10,12,14H,6-8H2,1-2H3. The largest absolute Gasteiger partial charge is 0.481 e. The molecule has 1 aromatic heterocycles. The number of nitrogens with zero attached hydrogens (tertiary/aromatic N) is 1. The van der Waals surface area contributed by atoms with Crippen molar-refractivity contribution in [2.75, 3.05) is 27.4 Å². The van der Waals surface area contributed by atoms with Crippen LogP contribution in [-0.2, 0) is 11.3 Å². The van der Waals surface area contributed by atoms with E-state index in [-0.39, 0.29) is 12.6 Å². The highest BCUT2D eigenvalue weighted by atomic mass is 16.5. The Morgan fingerprint density at radius 1 is 1.44 bits per heavy atom. The summed E-state index contributed by atoms with van der Waals surface area (Å²) < 4.78 is 9.98. The number of pyridine rings is 1. The van der Waals surface area contributed by atoms with E-state index in [1.165, 1.54) is 0 Å². The molecule has 0 aliphatic heterocycles. The minimum Gasteiger partial charge on any atom is -0.481 e. The first kappa shape index (κ1) is 12.9. The molecule has 0 radical (unpaired) electrons. The van der Waals surface area contributed by atoms with E-state index in [0.717, 1.165) is 5.69 Å². The Morgan fingerprint density at radius 2 is 2.25 bits per heavy atom. The van der Waals surface area contributed by atoms with Gasteiger partial charge in [0.2, 0.25) is 5.88 Å². The summed E-state index contributed by atoms with van der Waals surface area (Å²) in [5.41, 5.74) is 0.869. The van der Waals surface area contributed by atoms with Crippen molar-refractivity contribution >= 4 is 0 Å². The monoisotopic (exact) mass is 226 g/mol. The number of aliphatic hydroxyl groups is 1. The molecule has 0 bridgehead atoms. The maximum atomic E-state index is 9.05. The second-order valence-corrected chi connectivity index (χ2v) is 3.39. The summed E-state index contributed by atoms with van der Waals surface area (Å²) in [7, 11) is 3.19. The highest BCUT2D eigenvalue weighted by molar-refractivity contribution is 5.15. The molecule has 0 amide bonds. The van der Waals surface area contributed by atoms with Crippen molar-refractivity contribution in [3.8, 4) is 5.88 Å². The summed E-state index contributed by atoms with van der Waals surface area (Å²) in [6.45, 7) is 1.09. The smallest absolute Gasteiger partial charge is 0.213 e. The maximum Gasteiger partial charge on any atom is 0.213 e. The molecular formula is C11H18N2O3. The number of aliphatic hydroxyl groups excluding tert-OH is 1. The molecule has 0 aromatic carbocycles. The molecule has 1 aromatic rings. The molecule has 0 saturated heterocycles. The Bertz CT molecular complexity index is 307. The highest BCUT2D eigenvalue weighted by Gasteiger charge is 2.06. The lowest BCUT2D eigenvalue weighted by atomic mass is 10.3. The summed E-state index contributed by atoms with van der Waals surface area (Å²) in [5.74, 6) is 0.589. The van der Waals surface area contributed by atoms with Gasteiger partial charge in [0.25, 0.3) is 0 Å². The fourth-order valence-electron chi connectivity index (χ4n) is 1.30. The number of rotatable bonds is 7. The topological polar surface area (TPSA) is 63.6 Å². The van der Waals surface area contributed by atoms with E-state index in [0.29, 0.717) is 19.0 Å². The van der Waals surface area contributed by atoms with Gasteiger partial charge in [0, 0.05) is 19.7 Å². The molecule has 5 nitrogen and oxygen atoms in total. The third kappa shape index (κ3) is 4.14. The minimum atomic E-state index is -0.0713. The fraction of sp³-hybridized carbons (Fsp3) is 0.545. The van der Waals surface area contributed by atoms with Crippen LogP contribution in [0.4, 0.5) is 0 Å². The van der Waals surface area contributed by atoms with Crippen LogP contribution in [0.1, 0.15) is 5.69 Å². The van der Waals surface area contributed by atoms with Crippen LogP contribution in [-0.4, -0.2) is 43.6 Å². The number of hydrogen-bond acceptors (Lipinski definition) is 5. The van der Waals surface area contributed by atoms with E-state index >= 15 is 0 Å². The maximum absolute atomic E-state index is 9.05. The van der Waals surface area contributed by atoms with Crippen molar-refractivity contribution in [2.45, 2.75) is 12.6 Å². The zero-order valence-electron chi connectivity index (χ0n) is 9.64. The predicted octanol–water partition coefficient (Wildman–Crippen LogP) is 0.187. The summed E-state index contributed by atoms with van der Waals surface area (Å²) >= 11 is 0. The molecule has 0 saturated carbocycles. The summed E-state index contributed by atoms with van der Waals surface area (Å²) in [4.78, 5) is 4.25. The van der Waals surface area contributed by atoms with Gasteiger partial charge >= 0.3 is 0 Å². The Hall–Kier alpha value is -1.17. The number of hydrogen-bond donors (Lipinski definition) is 2. The van der Waals surface area contributed by atoms with Crippen LogP contribution in [0.25, 0.3) is 0 Å². The van der Waals surface area contributed by atoms with Gasteiger partial charge < -0.3 is 19.9 Å². The van der Waals surface area contributed by atoms with E-state index in [1.807, 2.05) is 12.1 Å². The Morgan fingerprint density at radius 3 is 2.88 bits per heavy atom. The van der Waals surface area contributed by atoms with E-state index in [2.05, 4.69) is 10.3 Å². The number of aromatic nitrogens is 1. The minimum absolute atomic E-state index is 0.0395. The second-order valence-electron chi connectivity index (χ2n) is 3.39. The van der Waals surface area contributed by atoms with Gasteiger partial charge in [-0.1, -0.05) is 6.07 Å². The first-order valence-electron chi connectivity index (χ1n) is 5.13. The Kier molecular flexibility index (Phi) is 5.77. The van der Waals surface area contributed by atoms with Crippen molar-refractivity contribution in [1.82, 2.24) is 10.3 Å². The molecule has 1 unspecified atom stereocenters. The van der Waals surface area contributed by atoms with Gasteiger partial charge in [-0.05, 0) is 6.07 Å². The Balaban J connectivity index is 2.46. The van der Waals surface area contributed by atoms with Crippen LogP contribution >= 0.6 is 0 Å². The van der Waals surface area contributed by atoms with E-state index in [1.54, 1.807) is 20.3 Å². The van der Waals surface area contributed by atoms with E-state index < -0.39 is 0 Å². The zero-order valence-corrected chi connectivity index (χ0v) is 9.64. The van der Waals surface area contributed by atoms with Crippen molar-refractivity contribution in [3.63, 3.8) is 0 Å². The number of ether oxygens (including phenoxy) is 2. The van der Waals surface area contributed by atoms with Crippen molar-refractivity contribution in [3.05, 3.63) is 23.9 Å². The van der Waals surface area contributed by atoms with Crippen LogP contribution < -0.4 is 10.1 Å². The molecule has 1 rings (SSSR count). The van der Waals surface area contributed by atoms with Gasteiger partial charge in [0.1, 0.15) is 0 Å².